The Balaban J connectivity index is 0.981. The van der Waals surface area contributed by atoms with Gasteiger partial charge in [-0.25, -0.2) is 15.0 Å². The number of thiophene rings is 1. The van der Waals surface area contributed by atoms with Crippen molar-refractivity contribution in [2.75, 3.05) is 0 Å². The molecule has 0 saturated carbocycles. The summed E-state index contributed by atoms with van der Waals surface area (Å²) in [6.45, 7) is 0. The van der Waals surface area contributed by atoms with E-state index < -0.39 is 0 Å². The highest BCUT2D eigenvalue weighted by Crippen LogP contribution is 2.41. The minimum atomic E-state index is 0.184. The van der Waals surface area contributed by atoms with Gasteiger partial charge in [0.15, 0.2) is 5.82 Å². The second-order valence-electron chi connectivity index (χ2n) is 14.7. The average Bonchev–Trinajstić information content (AvgIpc) is 3.69. The van der Waals surface area contributed by atoms with Crippen molar-refractivity contribution in [3.8, 4) is 56.3 Å². The number of benzene rings is 7. The molecule has 1 aliphatic carbocycles. The van der Waals surface area contributed by atoms with E-state index in [1.54, 1.807) is 0 Å². The van der Waals surface area contributed by atoms with Crippen LogP contribution in [-0.4, -0.2) is 26.4 Å². The van der Waals surface area contributed by atoms with Gasteiger partial charge in [-0.2, -0.15) is 0 Å². The lowest BCUT2D eigenvalue weighted by atomic mass is 9.82. The van der Waals surface area contributed by atoms with Gasteiger partial charge in [0.1, 0.15) is 0 Å². The lowest BCUT2D eigenvalue weighted by molar-refractivity contribution is 1.18. The molecule has 0 fully saturated rings. The molecule has 3 aromatic heterocycles. The second-order valence-corrected chi connectivity index (χ2v) is 15.8. The Morgan fingerprint density at radius 1 is 0.424 bits per heavy atom. The molecule has 0 saturated heterocycles. The first kappa shape index (κ1) is 34.6. The van der Waals surface area contributed by atoms with Gasteiger partial charge in [-0.1, -0.05) is 164 Å². The van der Waals surface area contributed by atoms with Gasteiger partial charge in [-0.15, -0.1) is 11.3 Å². The Morgan fingerprint density at radius 3 is 1.71 bits per heavy atom. The van der Waals surface area contributed by atoms with Crippen LogP contribution in [0.25, 0.3) is 99.0 Å². The third-order valence-electron chi connectivity index (χ3n) is 11.2. The summed E-state index contributed by atoms with van der Waals surface area (Å²) in [7, 11) is 0. The van der Waals surface area contributed by atoms with Gasteiger partial charge in [0.05, 0.1) is 34.0 Å². The third kappa shape index (κ3) is 5.97. The minimum Gasteiger partial charge on any atom is -0.298 e. The summed E-state index contributed by atoms with van der Waals surface area (Å²) in [6.07, 6.45) is 2.04. The Kier molecular flexibility index (Phi) is 8.24. The smallest absolute Gasteiger partial charge is 0.160 e. The predicted octanol–water partition coefficient (Wildman–Crippen LogP) is 13.7. The Morgan fingerprint density at radius 2 is 1.00 bits per heavy atom. The number of fused-ring (bicyclic) bond motifs is 6. The summed E-state index contributed by atoms with van der Waals surface area (Å²) in [6, 6.07) is 62.2. The molecule has 0 radical (unpaired) electrons. The molecule has 11 rings (SSSR count). The van der Waals surface area contributed by atoms with Crippen LogP contribution in [0.4, 0.5) is 0 Å². The summed E-state index contributed by atoms with van der Waals surface area (Å²) >= 11 is 1.84. The maximum atomic E-state index is 9.30. The molecule has 5 nitrogen and oxygen atoms in total. The Hall–Kier alpha value is -7.67. The molecule has 0 atom stereocenters. The number of hydrogen-bond donors (Lipinski definition) is 2. The normalized spacial score (nSPS) is 12.6. The van der Waals surface area contributed by atoms with E-state index in [0.717, 1.165) is 72.5 Å². The van der Waals surface area contributed by atoms with Crippen LogP contribution in [0.2, 0.25) is 0 Å². The van der Waals surface area contributed by atoms with Gasteiger partial charge in [0.2, 0.25) is 0 Å². The van der Waals surface area contributed by atoms with Crippen LogP contribution in [0, 0.1) is 10.8 Å². The van der Waals surface area contributed by atoms with Crippen molar-refractivity contribution in [1.82, 2.24) is 15.0 Å². The number of para-hydroxylation sites is 1. The fraction of sp³-hybridized carbons (Fsp3) is 0. The van der Waals surface area contributed by atoms with Crippen molar-refractivity contribution in [2.24, 2.45) is 0 Å². The molecule has 2 N–H and O–H groups in total. The highest BCUT2D eigenvalue weighted by atomic mass is 32.1. The van der Waals surface area contributed by atoms with Crippen LogP contribution < -0.4 is 0 Å². The first-order valence-electron chi connectivity index (χ1n) is 19.5. The van der Waals surface area contributed by atoms with Gasteiger partial charge in [-0.05, 0) is 41.0 Å². The molecule has 10 aromatic rings. The van der Waals surface area contributed by atoms with Crippen molar-refractivity contribution in [2.45, 2.75) is 0 Å². The van der Waals surface area contributed by atoms with Crippen LogP contribution in [0.1, 0.15) is 16.7 Å². The van der Waals surface area contributed by atoms with Crippen molar-refractivity contribution in [3.05, 3.63) is 199 Å². The number of allylic oxidation sites excluding steroid dienone is 1. The molecule has 7 aromatic carbocycles. The molecule has 276 valence electrons. The predicted molar refractivity (Wildman–Crippen MR) is 246 cm³/mol. The van der Waals surface area contributed by atoms with E-state index in [-0.39, 0.29) is 11.4 Å². The van der Waals surface area contributed by atoms with Crippen molar-refractivity contribution in [1.29, 1.82) is 10.8 Å². The quantitative estimate of drug-likeness (QED) is 0.176. The van der Waals surface area contributed by atoms with E-state index >= 15 is 0 Å². The van der Waals surface area contributed by atoms with Crippen molar-refractivity contribution < 1.29 is 0 Å². The molecule has 0 unspecified atom stereocenters. The number of hydrogen-bond acceptors (Lipinski definition) is 6. The molecular weight excluding hydrogens is 739 g/mol. The lowest BCUT2D eigenvalue weighted by Crippen LogP contribution is -2.21. The molecule has 6 heteroatoms. The summed E-state index contributed by atoms with van der Waals surface area (Å²) < 4.78 is 2.59. The summed E-state index contributed by atoms with van der Waals surface area (Å²) in [4.78, 5) is 15.3. The van der Waals surface area contributed by atoms with E-state index in [4.69, 9.17) is 15.0 Å². The highest BCUT2D eigenvalue weighted by Gasteiger charge is 2.28. The van der Waals surface area contributed by atoms with Crippen LogP contribution in [0.5, 0.6) is 0 Å². The zero-order chi connectivity index (χ0) is 39.5. The van der Waals surface area contributed by atoms with Crippen molar-refractivity contribution in [3.63, 3.8) is 0 Å². The molecule has 0 bridgehead atoms. The molecule has 0 spiro atoms. The van der Waals surface area contributed by atoms with Gasteiger partial charge < -0.3 is 0 Å². The first-order valence-corrected chi connectivity index (χ1v) is 20.3. The highest BCUT2D eigenvalue weighted by molar-refractivity contribution is 7.26. The number of pyridine rings is 1. The fourth-order valence-corrected chi connectivity index (χ4v) is 9.47. The molecule has 3 heterocycles. The van der Waals surface area contributed by atoms with E-state index in [2.05, 4.69) is 84.9 Å². The minimum absolute atomic E-state index is 0.184. The van der Waals surface area contributed by atoms with Crippen LogP contribution >= 0.6 is 11.3 Å². The molecule has 0 aliphatic heterocycles. The number of nitrogens with one attached hydrogen (secondary N) is 2. The summed E-state index contributed by atoms with van der Waals surface area (Å²) in [5.41, 5.74) is 13.0. The van der Waals surface area contributed by atoms with E-state index in [0.29, 0.717) is 11.4 Å². The van der Waals surface area contributed by atoms with E-state index in [1.165, 1.54) is 25.7 Å². The van der Waals surface area contributed by atoms with E-state index in [1.807, 2.05) is 114 Å². The maximum absolute atomic E-state index is 9.30. The zero-order valence-corrected chi connectivity index (χ0v) is 32.5. The monoisotopic (exact) mass is 771 g/mol. The number of rotatable bonds is 6. The Labute approximate surface area is 344 Å². The summed E-state index contributed by atoms with van der Waals surface area (Å²) in [5, 5.41) is 22.0. The zero-order valence-electron chi connectivity index (χ0n) is 31.6. The van der Waals surface area contributed by atoms with Gasteiger partial charge in [-0.3, -0.25) is 10.8 Å². The maximum Gasteiger partial charge on any atom is 0.160 e. The van der Waals surface area contributed by atoms with Crippen LogP contribution in [0.15, 0.2) is 182 Å². The van der Waals surface area contributed by atoms with Crippen molar-refractivity contribution >= 4 is 65.5 Å². The number of aromatic nitrogens is 3. The lowest BCUT2D eigenvalue weighted by Gasteiger charge is -2.23. The molecule has 59 heavy (non-hydrogen) atoms. The van der Waals surface area contributed by atoms with E-state index in [9.17, 15) is 10.8 Å². The Bertz CT molecular complexity index is 3330. The first-order chi connectivity index (χ1) is 29.1. The molecule has 1 aliphatic rings. The molecule has 0 amide bonds. The third-order valence-corrected chi connectivity index (χ3v) is 12.4. The topological polar surface area (TPSA) is 86.4 Å². The van der Waals surface area contributed by atoms with Gasteiger partial charge >= 0.3 is 0 Å². The van der Waals surface area contributed by atoms with Crippen LogP contribution in [-0.2, 0) is 0 Å². The SMILES string of the molecule is N=C1C(=N)c2c(c(-c3ccccc3)nc3ccccc23)C=C1c1ccc(-c2cc(-c3ccc(-c4cccc5c4sc4ccccc45)cc3)nc(-c3ccccc3)n2)cc1. The number of nitrogens with zero attached hydrogens (tertiary/aromatic N) is 3. The second kappa shape index (κ2) is 14.1. The average molecular weight is 772 g/mol. The fourth-order valence-electron chi connectivity index (χ4n) is 8.23. The van der Waals surface area contributed by atoms with Gasteiger partial charge in [0, 0.05) is 64.5 Å². The molecular formula is C53H33N5S. The largest absolute Gasteiger partial charge is 0.298 e. The van der Waals surface area contributed by atoms with Gasteiger partial charge in [0.25, 0.3) is 0 Å². The van der Waals surface area contributed by atoms with Crippen LogP contribution in [0.3, 0.4) is 0 Å². The standard InChI is InChI=1S/C53H33N5S/c54-49-42(30-43-48(50(49)55)41-17-7-9-20-44(41)56-51(43)36-12-3-1-4-13-36)33-24-28-35(29-25-33)46-31-45(57-53(58-46)37-14-5-2-6-15-37)34-26-22-32(23-27-34)38-18-11-19-40-39-16-8-10-21-47(39)59-52(38)40/h1-31,54-55H. The summed E-state index contributed by atoms with van der Waals surface area (Å²) in [5.74, 6) is 0.649.